The fraction of sp³-hybridized carbons (Fsp3) is 0.364. The molecule has 0 saturated heterocycles. The van der Waals surface area contributed by atoms with Gasteiger partial charge in [-0.25, -0.2) is 4.99 Å². The van der Waals surface area contributed by atoms with Crippen molar-refractivity contribution in [1.29, 1.82) is 0 Å². The van der Waals surface area contributed by atoms with Crippen LogP contribution < -0.4 is 16.0 Å². The van der Waals surface area contributed by atoms with Gasteiger partial charge in [0.05, 0.1) is 6.54 Å². The van der Waals surface area contributed by atoms with E-state index >= 15 is 0 Å². The zero-order valence-electron chi connectivity index (χ0n) is 16.9. The molecule has 0 aliphatic rings. The first-order valence-corrected chi connectivity index (χ1v) is 9.57. The minimum absolute atomic E-state index is 0. The van der Waals surface area contributed by atoms with E-state index in [4.69, 9.17) is 0 Å². The normalized spacial score (nSPS) is 10.8. The molecule has 3 N–H and O–H groups in total. The Labute approximate surface area is 185 Å². The quantitative estimate of drug-likeness (QED) is 0.295. The highest BCUT2D eigenvalue weighted by atomic mass is 127. The second-order valence-electron chi connectivity index (χ2n) is 6.49. The second kappa shape index (κ2) is 13.1. The molecule has 0 bridgehead atoms. The lowest BCUT2D eigenvalue weighted by Gasteiger charge is -2.12. The summed E-state index contributed by atoms with van der Waals surface area (Å²) in [6.07, 6.45) is 0.927. The van der Waals surface area contributed by atoms with Gasteiger partial charge in [0.25, 0.3) is 5.91 Å². The van der Waals surface area contributed by atoms with E-state index in [9.17, 15) is 4.79 Å². The SMILES string of the molecule is CCCNC(=O)c1cccc(CNC(=NCc2cccc(C)c2)NCC)c1.I. The summed E-state index contributed by atoms with van der Waals surface area (Å²) in [6.45, 7) is 8.88. The van der Waals surface area contributed by atoms with Crippen LogP contribution in [0.2, 0.25) is 0 Å². The van der Waals surface area contributed by atoms with Crippen molar-refractivity contribution >= 4 is 35.8 Å². The zero-order chi connectivity index (χ0) is 19.5. The second-order valence-corrected chi connectivity index (χ2v) is 6.49. The number of nitrogens with zero attached hydrogens (tertiary/aromatic N) is 1. The number of aryl methyl sites for hydroxylation is 1. The fourth-order valence-corrected chi connectivity index (χ4v) is 2.67. The largest absolute Gasteiger partial charge is 0.357 e. The van der Waals surface area contributed by atoms with Crippen molar-refractivity contribution in [3.63, 3.8) is 0 Å². The Kier molecular flexibility index (Phi) is 11.2. The van der Waals surface area contributed by atoms with Crippen molar-refractivity contribution < 1.29 is 4.79 Å². The van der Waals surface area contributed by atoms with E-state index < -0.39 is 0 Å². The van der Waals surface area contributed by atoms with Crippen LogP contribution in [0, 0.1) is 6.92 Å². The molecule has 2 aromatic rings. The summed E-state index contributed by atoms with van der Waals surface area (Å²) in [4.78, 5) is 16.8. The van der Waals surface area contributed by atoms with Gasteiger partial charge in [-0.15, -0.1) is 24.0 Å². The van der Waals surface area contributed by atoms with Gasteiger partial charge >= 0.3 is 0 Å². The highest BCUT2D eigenvalue weighted by Gasteiger charge is 2.06. The summed E-state index contributed by atoms with van der Waals surface area (Å²) in [5.41, 5.74) is 4.14. The highest BCUT2D eigenvalue weighted by Crippen LogP contribution is 2.07. The maximum Gasteiger partial charge on any atom is 0.251 e. The van der Waals surface area contributed by atoms with E-state index in [-0.39, 0.29) is 29.9 Å². The molecule has 0 aliphatic heterocycles. The number of hydrogen-bond donors (Lipinski definition) is 3. The first-order chi connectivity index (χ1) is 13.1. The van der Waals surface area contributed by atoms with Gasteiger partial charge in [-0.1, -0.05) is 48.9 Å². The van der Waals surface area contributed by atoms with Gasteiger partial charge < -0.3 is 16.0 Å². The summed E-state index contributed by atoms with van der Waals surface area (Å²) < 4.78 is 0. The van der Waals surface area contributed by atoms with Gasteiger partial charge in [0.2, 0.25) is 0 Å². The number of halogens is 1. The van der Waals surface area contributed by atoms with Gasteiger partial charge in [-0.05, 0) is 43.5 Å². The topological polar surface area (TPSA) is 65.5 Å². The maximum absolute atomic E-state index is 12.1. The van der Waals surface area contributed by atoms with Crippen molar-refractivity contribution in [3.05, 3.63) is 70.8 Å². The number of carbonyl (C=O) groups is 1. The molecule has 152 valence electrons. The maximum atomic E-state index is 12.1. The number of hydrogen-bond acceptors (Lipinski definition) is 2. The van der Waals surface area contributed by atoms with Crippen LogP contribution in [0.3, 0.4) is 0 Å². The minimum atomic E-state index is -0.0290. The van der Waals surface area contributed by atoms with Crippen LogP contribution in [0.5, 0.6) is 0 Å². The van der Waals surface area contributed by atoms with Gasteiger partial charge in [0, 0.05) is 25.2 Å². The van der Waals surface area contributed by atoms with Gasteiger partial charge in [-0.2, -0.15) is 0 Å². The zero-order valence-corrected chi connectivity index (χ0v) is 19.2. The summed E-state index contributed by atoms with van der Waals surface area (Å²) in [5, 5.41) is 9.51. The van der Waals surface area contributed by atoms with Crippen LogP contribution >= 0.6 is 24.0 Å². The van der Waals surface area contributed by atoms with Gasteiger partial charge in [0.1, 0.15) is 0 Å². The molecule has 0 atom stereocenters. The third-order valence-corrected chi connectivity index (χ3v) is 4.03. The van der Waals surface area contributed by atoms with Crippen LogP contribution in [-0.4, -0.2) is 25.0 Å². The Morgan fingerprint density at radius 3 is 2.43 bits per heavy atom. The number of rotatable bonds is 8. The molecule has 1 amide bonds. The molecule has 6 heteroatoms. The van der Waals surface area contributed by atoms with E-state index in [1.807, 2.05) is 38.1 Å². The van der Waals surface area contributed by atoms with Crippen LogP contribution in [0.1, 0.15) is 47.3 Å². The number of benzene rings is 2. The van der Waals surface area contributed by atoms with E-state index in [0.717, 1.165) is 24.5 Å². The minimum Gasteiger partial charge on any atom is -0.357 e. The molecule has 2 rings (SSSR count). The number of amides is 1. The van der Waals surface area contributed by atoms with Crippen LogP contribution in [-0.2, 0) is 13.1 Å². The Balaban J connectivity index is 0.00000392. The third-order valence-electron chi connectivity index (χ3n) is 4.03. The van der Waals surface area contributed by atoms with E-state index in [1.54, 1.807) is 0 Å². The predicted octanol–water partition coefficient (Wildman–Crippen LogP) is 4.01. The highest BCUT2D eigenvalue weighted by molar-refractivity contribution is 14.0. The standard InChI is InChI=1S/C22H30N4O.HI/c1-4-12-24-21(27)20-11-7-10-19(14-20)16-26-22(23-5-2)25-15-18-9-6-8-17(3)13-18;/h6-11,13-14H,4-5,12,15-16H2,1-3H3,(H,24,27)(H2,23,25,26);1H. The Morgan fingerprint density at radius 2 is 1.71 bits per heavy atom. The molecule has 2 aromatic carbocycles. The Morgan fingerprint density at radius 1 is 0.964 bits per heavy atom. The third kappa shape index (κ3) is 8.29. The number of carbonyl (C=O) groups excluding carboxylic acids is 1. The van der Waals surface area contributed by atoms with Gasteiger partial charge in [0.15, 0.2) is 5.96 Å². The first-order valence-electron chi connectivity index (χ1n) is 9.57. The average Bonchev–Trinajstić information content (AvgIpc) is 2.68. The summed E-state index contributed by atoms with van der Waals surface area (Å²) in [7, 11) is 0. The van der Waals surface area contributed by atoms with Crippen molar-refractivity contribution in [3.8, 4) is 0 Å². The van der Waals surface area contributed by atoms with Crippen LogP contribution in [0.15, 0.2) is 53.5 Å². The van der Waals surface area contributed by atoms with E-state index in [0.29, 0.717) is 25.2 Å². The summed E-state index contributed by atoms with van der Waals surface area (Å²) in [5.74, 6) is 0.735. The molecular formula is C22H31IN4O. The van der Waals surface area contributed by atoms with Crippen LogP contribution in [0.25, 0.3) is 0 Å². The first kappa shape index (κ1) is 23.9. The van der Waals surface area contributed by atoms with E-state index in [2.05, 4.69) is 52.1 Å². The molecule has 5 nitrogen and oxygen atoms in total. The van der Waals surface area contributed by atoms with Crippen molar-refractivity contribution in [2.75, 3.05) is 13.1 Å². The molecule has 0 aromatic heterocycles. The molecule has 0 spiro atoms. The summed E-state index contributed by atoms with van der Waals surface area (Å²) in [6, 6.07) is 16.0. The number of guanidine groups is 1. The van der Waals surface area contributed by atoms with Gasteiger partial charge in [-0.3, -0.25) is 4.79 Å². The van der Waals surface area contributed by atoms with Crippen molar-refractivity contribution in [2.24, 2.45) is 4.99 Å². The van der Waals surface area contributed by atoms with Crippen LogP contribution in [0.4, 0.5) is 0 Å². The average molecular weight is 494 g/mol. The van der Waals surface area contributed by atoms with E-state index in [1.165, 1.54) is 11.1 Å². The fourth-order valence-electron chi connectivity index (χ4n) is 2.67. The number of aliphatic imine (C=N–C) groups is 1. The molecule has 0 heterocycles. The molecule has 0 unspecified atom stereocenters. The molecule has 28 heavy (non-hydrogen) atoms. The number of nitrogens with one attached hydrogen (secondary N) is 3. The Bertz CT molecular complexity index is 777. The molecule has 0 saturated carbocycles. The molecule has 0 radical (unpaired) electrons. The Hall–Kier alpha value is -2.09. The lowest BCUT2D eigenvalue weighted by atomic mass is 10.1. The lowest BCUT2D eigenvalue weighted by Crippen LogP contribution is -2.36. The summed E-state index contributed by atoms with van der Waals surface area (Å²) >= 11 is 0. The van der Waals surface area contributed by atoms with Crippen molar-refractivity contribution in [2.45, 2.75) is 40.3 Å². The predicted molar refractivity (Wildman–Crippen MR) is 127 cm³/mol. The molecular weight excluding hydrogens is 463 g/mol. The lowest BCUT2D eigenvalue weighted by molar-refractivity contribution is 0.0953. The molecule has 0 aliphatic carbocycles. The smallest absolute Gasteiger partial charge is 0.251 e. The molecule has 0 fully saturated rings. The van der Waals surface area contributed by atoms with Crippen molar-refractivity contribution in [1.82, 2.24) is 16.0 Å². The monoisotopic (exact) mass is 494 g/mol.